The molecular weight excluding hydrogens is 364 g/mol. The summed E-state index contributed by atoms with van der Waals surface area (Å²) in [4.78, 5) is 14.0. The average Bonchev–Trinajstić information content (AvgIpc) is 2.86. The summed E-state index contributed by atoms with van der Waals surface area (Å²) in [5, 5.41) is 6.58. The number of nitrogens with one attached hydrogen (secondary N) is 2. The van der Waals surface area contributed by atoms with E-state index in [9.17, 15) is 4.79 Å². The monoisotopic (exact) mass is 384 g/mol. The van der Waals surface area contributed by atoms with Crippen LogP contribution in [0.4, 0.5) is 11.4 Å². The van der Waals surface area contributed by atoms with Crippen molar-refractivity contribution in [2.45, 2.75) is 11.8 Å². The van der Waals surface area contributed by atoms with Gasteiger partial charge >= 0.3 is 0 Å². The van der Waals surface area contributed by atoms with Crippen molar-refractivity contribution in [3.63, 3.8) is 0 Å². The topological polar surface area (TPSA) is 51.0 Å². The lowest BCUT2D eigenvalue weighted by Crippen LogP contribution is -2.25. The number of thiocarbonyl (C=S) groups is 1. The van der Waals surface area contributed by atoms with Crippen molar-refractivity contribution in [3.05, 3.63) is 70.6 Å². The first-order valence-corrected chi connectivity index (χ1v) is 9.70. The Morgan fingerprint density at radius 1 is 1.08 bits per heavy atom. The molecule has 0 spiro atoms. The smallest absolute Gasteiger partial charge is 0.295 e. The summed E-state index contributed by atoms with van der Waals surface area (Å²) >= 11 is 7.06. The maximum Gasteiger partial charge on any atom is 0.295 e. The minimum atomic E-state index is -0.141. The van der Waals surface area contributed by atoms with Crippen LogP contribution in [0.25, 0.3) is 5.69 Å². The maximum atomic E-state index is 12.9. The van der Waals surface area contributed by atoms with Crippen LogP contribution in [0.1, 0.15) is 5.69 Å². The van der Waals surface area contributed by atoms with Gasteiger partial charge in [0, 0.05) is 17.6 Å². The van der Waals surface area contributed by atoms with Crippen LogP contribution in [-0.4, -0.2) is 20.7 Å². The number of aromatic nitrogens is 2. The fraction of sp³-hybridized carbons (Fsp3) is 0.158. The Hall–Kier alpha value is -2.51. The molecule has 0 amide bonds. The lowest BCUT2D eigenvalue weighted by Gasteiger charge is -2.10. The van der Waals surface area contributed by atoms with E-state index in [1.807, 2.05) is 79.5 Å². The lowest BCUT2D eigenvalue weighted by molar-refractivity contribution is 0.630. The third-order valence-electron chi connectivity index (χ3n) is 4.12. The third-order valence-corrected chi connectivity index (χ3v) is 5.05. The molecule has 0 aliphatic heterocycles. The molecule has 134 valence electrons. The minimum absolute atomic E-state index is 0.141. The van der Waals surface area contributed by atoms with Crippen LogP contribution in [0, 0.1) is 6.92 Å². The highest BCUT2D eigenvalue weighted by Gasteiger charge is 2.16. The van der Waals surface area contributed by atoms with Gasteiger partial charge in [0.2, 0.25) is 0 Å². The van der Waals surface area contributed by atoms with E-state index in [1.54, 1.807) is 16.4 Å². The number of benzene rings is 2. The lowest BCUT2D eigenvalue weighted by atomic mass is 10.3. The minimum Gasteiger partial charge on any atom is -0.332 e. The quantitative estimate of drug-likeness (QED) is 0.526. The molecule has 3 aromatic rings. The molecule has 7 heteroatoms. The second-order valence-corrected chi connectivity index (χ2v) is 7.04. The summed E-state index contributed by atoms with van der Waals surface area (Å²) in [6.45, 7) is 1.89. The average molecular weight is 385 g/mol. The summed E-state index contributed by atoms with van der Waals surface area (Å²) in [5.74, 6) is 0. The van der Waals surface area contributed by atoms with E-state index in [4.69, 9.17) is 12.2 Å². The van der Waals surface area contributed by atoms with Crippen LogP contribution in [0.5, 0.6) is 0 Å². The molecule has 0 aliphatic carbocycles. The van der Waals surface area contributed by atoms with Crippen molar-refractivity contribution >= 4 is 40.5 Å². The van der Waals surface area contributed by atoms with Crippen LogP contribution in [0.3, 0.4) is 0 Å². The largest absolute Gasteiger partial charge is 0.332 e. The fourth-order valence-electron chi connectivity index (χ4n) is 2.69. The normalized spacial score (nSPS) is 10.6. The van der Waals surface area contributed by atoms with Gasteiger partial charge < -0.3 is 10.6 Å². The zero-order chi connectivity index (χ0) is 18.7. The highest BCUT2D eigenvalue weighted by Crippen LogP contribution is 2.19. The number of thioether (sulfide) groups is 1. The Labute approximate surface area is 162 Å². The van der Waals surface area contributed by atoms with Gasteiger partial charge in [-0.1, -0.05) is 24.3 Å². The van der Waals surface area contributed by atoms with Gasteiger partial charge in [0.15, 0.2) is 5.11 Å². The molecule has 26 heavy (non-hydrogen) atoms. The summed E-state index contributed by atoms with van der Waals surface area (Å²) < 4.78 is 3.44. The van der Waals surface area contributed by atoms with Gasteiger partial charge in [-0.05, 0) is 55.7 Å². The fourth-order valence-corrected chi connectivity index (χ4v) is 3.37. The van der Waals surface area contributed by atoms with Crippen LogP contribution in [0.15, 0.2) is 64.3 Å². The molecule has 2 N–H and O–H groups in total. The molecule has 2 aromatic carbocycles. The Morgan fingerprint density at radius 2 is 1.81 bits per heavy atom. The van der Waals surface area contributed by atoms with E-state index in [2.05, 4.69) is 10.6 Å². The SMILES string of the molecule is CSc1cccc(NC(=S)Nc2c(C)n(C)n(-c3ccccc3)c2=O)c1. The van der Waals surface area contributed by atoms with Crippen molar-refractivity contribution in [3.8, 4) is 5.69 Å². The summed E-state index contributed by atoms with van der Waals surface area (Å²) in [7, 11) is 1.85. The number of hydrogen-bond donors (Lipinski definition) is 2. The number of rotatable bonds is 4. The van der Waals surface area contributed by atoms with Gasteiger partial charge in [0.25, 0.3) is 5.56 Å². The molecule has 1 aromatic heterocycles. The molecule has 0 aliphatic rings. The molecular formula is C19H20N4OS2. The van der Waals surface area contributed by atoms with Gasteiger partial charge in [-0.25, -0.2) is 4.68 Å². The van der Waals surface area contributed by atoms with Gasteiger partial charge in [-0.3, -0.25) is 9.48 Å². The molecule has 1 heterocycles. The molecule has 0 atom stereocenters. The summed E-state index contributed by atoms with van der Waals surface area (Å²) in [6.07, 6.45) is 2.02. The van der Waals surface area contributed by atoms with Gasteiger partial charge in [0.05, 0.1) is 11.4 Å². The van der Waals surface area contributed by atoms with Crippen LogP contribution in [0.2, 0.25) is 0 Å². The van der Waals surface area contributed by atoms with E-state index < -0.39 is 0 Å². The molecule has 5 nitrogen and oxygen atoms in total. The number of anilines is 2. The zero-order valence-corrected chi connectivity index (χ0v) is 16.4. The molecule has 0 bridgehead atoms. The first-order valence-electron chi connectivity index (χ1n) is 8.07. The van der Waals surface area contributed by atoms with Crippen molar-refractivity contribution in [2.75, 3.05) is 16.9 Å². The molecule has 3 rings (SSSR count). The maximum absolute atomic E-state index is 12.9. The number of hydrogen-bond acceptors (Lipinski definition) is 3. The molecule has 0 saturated heterocycles. The Kier molecular flexibility index (Phi) is 5.49. The van der Waals surface area contributed by atoms with E-state index in [-0.39, 0.29) is 5.56 Å². The molecule has 0 saturated carbocycles. The van der Waals surface area contributed by atoms with Crippen LogP contribution >= 0.6 is 24.0 Å². The predicted octanol–water partition coefficient (Wildman–Crippen LogP) is 4.02. The molecule has 0 fully saturated rings. The Morgan fingerprint density at radius 3 is 2.50 bits per heavy atom. The van der Waals surface area contributed by atoms with Crippen LogP contribution < -0.4 is 16.2 Å². The van der Waals surface area contributed by atoms with Crippen molar-refractivity contribution < 1.29 is 0 Å². The highest BCUT2D eigenvalue weighted by atomic mass is 32.2. The predicted molar refractivity (Wildman–Crippen MR) is 114 cm³/mol. The molecule has 0 unspecified atom stereocenters. The second kappa shape index (κ2) is 7.80. The number of nitrogens with zero attached hydrogens (tertiary/aromatic N) is 2. The molecule has 0 radical (unpaired) electrons. The summed E-state index contributed by atoms with van der Waals surface area (Å²) in [5.41, 5.74) is 2.82. The first kappa shape index (κ1) is 18.3. The van der Waals surface area contributed by atoms with Gasteiger partial charge in [-0.2, -0.15) is 0 Å². The van der Waals surface area contributed by atoms with Crippen molar-refractivity contribution in [1.29, 1.82) is 0 Å². The van der Waals surface area contributed by atoms with E-state index >= 15 is 0 Å². The zero-order valence-electron chi connectivity index (χ0n) is 14.8. The standard InChI is InChI=1S/C19H20N4OS2/c1-13-17(18(24)23(22(13)2)15-9-5-4-6-10-15)21-19(25)20-14-8-7-11-16(12-14)26-3/h4-12H,1-3H3,(H2,20,21,25). The van der Waals surface area contributed by atoms with Crippen LogP contribution in [-0.2, 0) is 7.05 Å². The van der Waals surface area contributed by atoms with E-state index in [0.29, 0.717) is 10.8 Å². The van der Waals surface area contributed by atoms with E-state index in [1.165, 1.54) is 0 Å². The second-order valence-electron chi connectivity index (χ2n) is 5.75. The van der Waals surface area contributed by atoms with Gasteiger partial charge in [0.1, 0.15) is 5.69 Å². The van der Waals surface area contributed by atoms with Gasteiger partial charge in [-0.15, -0.1) is 11.8 Å². The first-order chi connectivity index (χ1) is 12.5. The summed E-state index contributed by atoms with van der Waals surface area (Å²) in [6, 6.07) is 17.5. The highest BCUT2D eigenvalue weighted by molar-refractivity contribution is 7.98. The third kappa shape index (κ3) is 3.68. The van der Waals surface area contributed by atoms with Crippen molar-refractivity contribution in [1.82, 2.24) is 9.36 Å². The number of para-hydroxylation sites is 1. The Balaban J connectivity index is 1.86. The van der Waals surface area contributed by atoms with Crippen molar-refractivity contribution in [2.24, 2.45) is 7.05 Å². The Bertz CT molecular complexity index is 993. The van der Waals surface area contributed by atoms with E-state index in [0.717, 1.165) is 22.0 Å².